The molecule has 1 aromatic carbocycles. The standard InChI is InChI=1S/C15H23NO3/c1-5-16-13(14(17)18)10-19-12-8-6-7-11(9-12)15(2,3)4/h6-9,13,16H,5,10H2,1-4H3,(H,17,18). The Kier molecular flexibility index (Phi) is 5.36. The Bertz CT molecular complexity index is 424. The predicted octanol–water partition coefficient (Wildman–Crippen LogP) is 2.43. The van der Waals surface area contributed by atoms with Crippen molar-refractivity contribution in [1.29, 1.82) is 0 Å². The van der Waals surface area contributed by atoms with Gasteiger partial charge in [-0.15, -0.1) is 0 Å². The molecule has 1 atom stereocenters. The third-order valence-corrected chi connectivity index (χ3v) is 2.87. The Labute approximate surface area is 114 Å². The van der Waals surface area contributed by atoms with Crippen molar-refractivity contribution in [2.24, 2.45) is 0 Å². The molecule has 0 aromatic heterocycles. The second-order valence-electron chi connectivity index (χ2n) is 5.54. The summed E-state index contributed by atoms with van der Waals surface area (Å²) in [6.45, 7) is 8.98. The van der Waals surface area contributed by atoms with Crippen molar-refractivity contribution in [2.45, 2.75) is 39.2 Å². The first-order valence-corrected chi connectivity index (χ1v) is 6.54. The normalized spacial score (nSPS) is 13.1. The number of likely N-dealkylation sites (N-methyl/N-ethyl adjacent to an activating group) is 1. The van der Waals surface area contributed by atoms with Gasteiger partial charge in [0.15, 0.2) is 0 Å². The van der Waals surface area contributed by atoms with Crippen LogP contribution in [0.2, 0.25) is 0 Å². The summed E-state index contributed by atoms with van der Waals surface area (Å²) < 4.78 is 5.57. The van der Waals surface area contributed by atoms with Crippen LogP contribution < -0.4 is 10.1 Å². The predicted molar refractivity (Wildman–Crippen MR) is 75.7 cm³/mol. The zero-order valence-electron chi connectivity index (χ0n) is 12.1. The van der Waals surface area contributed by atoms with Gasteiger partial charge in [0.2, 0.25) is 0 Å². The average Bonchev–Trinajstić information content (AvgIpc) is 2.33. The lowest BCUT2D eigenvalue weighted by Gasteiger charge is -2.20. The minimum absolute atomic E-state index is 0.0488. The van der Waals surface area contributed by atoms with Crippen LogP contribution in [0, 0.1) is 0 Å². The molecule has 0 aliphatic carbocycles. The number of benzene rings is 1. The molecule has 4 nitrogen and oxygen atoms in total. The Balaban J connectivity index is 2.69. The van der Waals surface area contributed by atoms with E-state index in [1.165, 1.54) is 5.56 Å². The SMILES string of the molecule is CCNC(COc1cccc(C(C)(C)C)c1)C(=O)O. The molecule has 4 heteroatoms. The number of ether oxygens (including phenoxy) is 1. The second-order valence-corrected chi connectivity index (χ2v) is 5.54. The van der Waals surface area contributed by atoms with E-state index in [0.29, 0.717) is 12.3 Å². The van der Waals surface area contributed by atoms with Crippen molar-refractivity contribution in [1.82, 2.24) is 5.32 Å². The molecule has 106 valence electrons. The molecule has 0 spiro atoms. The molecule has 0 heterocycles. The fourth-order valence-corrected chi connectivity index (χ4v) is 1.70. The number of carbonyl (C=O) groups is 1. The second kappa shape index (κ2) is 6.57. The maximum absolute atomic E-state index is 11.0. The Morgan fingerprint density at radius 2 is 2.11 bits per heavy atom. The molecule has 19 heavy (non-hydrogen) atoms. The zero-order chi connectivity index (χ0) is 14.5. The molecule has 0 aliphatic rings. The summed E-state index contributed by atoms with van der Waals surface area (Å²) in [5.74, 6) is -0.189. The first-order chi connectivity index (χ1) is 8.84. The highest BCUT2D eigenvalue weighted by Gasteiger charge is 2.18. The molecule has 0 aliphatic heterocycles. The molecular formula is C15H23NO3. The van der Waals surface area contributed by atoms with E-state index in [-0.39, 0.29) is 12.0 Å². The van der Waals surface area contributed by atoms with E-state index in [4.69, 9.17) is 9.84 Å². The molecule has 0 bridgehead atoms. The number of aliphatic carboxylic acids is 1. The van der Waals surface area contributed by atoms with Crippen LogP contribution in [0.4, 0.5) is 0 Å². The van der Waals surface area contributed by atoms with Crippen LogP contribution in [-0.4, -0.2) is 30.3 Å². The first-order valence-electron chi connectivity index (χ1n) is 6.54. The number of hydrogen-bond donors (Lipinski definition) is 2. The maximum atomic E-state index is 11.0. The number of hydrogen-bond acceptors (Lipinski definition) is 3. The molecule has 1 unspecified atom stereocenters. The van der Waals surface area contributed by atoms with Crippen molar-refractivity contribution >= 4 is 5.97 Å². The molecule has 0 saturated heterocycles. The van der Waals surface area contributed by atoms with E-state index in [1.807, 2.05) is 31.2 Å². The largest absolute Gasteiger partial charge is 0.491 e. The van der Waals surface area contributed by atoms with Crippen LogP contribution in [0.25, 0.3) is 0 Å². The van der Waals surface area contributed by atoms with Gasteiger partial charge in [-0.3, -0.25) is 4.79 Å². The molecule has 0 radical (unpaired) electrons. The quantitative estimate of drug-likeness (QED) is 0.829. The van der Waals surface area contributed by atoms with Crippen LogP contribution in [0.15, 0.2) is 24.3 Å². The summed E-state index contributed by atoms with van der Waals surface area (Å²) in [6, 6.07) is 7.11. The molecular weight excluding hydrogens is 242 g/mol. The Hall–Kier alpha value is -1.55. The van der Waals surface area contributed by atoms with Crippen molar-refractivity contribution in [3.8, 4) is 5.75 Å². The smallest absolute Gasteiger partial charge is 0.324 e. The Morgan fingerprint density at radius 3 is 2.63 bits per heavy atom. The van der Waals surface area contributed by atoms with Gasteiger partial charge in [0.25, 0.3) is 0 Å². The number of carboxylic acids is 1. The van der Waals surface area contributed by atoms with E-state index < -0.39 is 12.0 Å². The van der Waals surface area contributed by atoms with Gasteiger partial charge in [-0.25, -0.2) is 0 Å². The molecule has 1 rings (SSSR count). The van der Waals surface area contributed by atoms with Crippen molar-refractivity contribution < 1.29 is 14.6 Å². The number of carboxylic acid groups (broad SMARTS) is 1. The van der Waals surface area contributed by atoms with Crippen molar-refractivity contribution in [2.75, 3.05) is 13.2 Å². The Morgan fingerprint density at radius 1 is 1.42 bits per heavy atom. The molecule has 0 saturated carbocycles. The van der Waals surface area contributed by atoms with Gasteiger partial charge in [0, 0.05) is 0 Å². The summed E-state index contributed by atoms with van der Waals surface area (Å²) in [5.41, 5.74) is 1.22. The summed E-state index contributed by atoms with van der Waals surface area (Å²) >= 11 is 0. The highest BCUT2D eigenvalue weighted by atomic mass is 16.5. The van der Waals surface area contributed by atoms with Gasteiger partial charge in [-0.2, -0.15) is 0 Å². The minimum Gasteiger partial charge on any atom is -0.491 e. The van der Waals surface area contributed by atoms with Gasteiger partial charge in [-0.1, -0.05) is 39.8 Å². The van der Waals surface area contributed by atoms with Crippen LogP contribution in [-0.2, 0) is 10.2 Å². The van der Waals surface area contributed by atoms with Gasteiger partial charge in [0.1, 0.15) is 18.4 Å². The third-order valence-electron chi connectivity index (χ3n) is 2.87. The maximum Gasteiger partial charge on any atom is 0.324 e. The summed E-state index contributed by atoms with van der Waals surface area (Å²) in [4.78, 5) is 11.0. The van der Waals surface area contributed by atoms with E-state index in [1.54, 1.807) is 0 Å². The summed E-state index contributed by atoms with van der Waals surface area (Å²) in [7, 11) is 0. The molecule has 0 amide bonds. The monoisotopic (exact) mass is 265 g/mol. The lowest BCUT2D eigenvalue weighted by Crippen LogP contribution is -2.41. The fourth-order valence-electron chi connectivity index (χ4n) is 1.70. The van der Waals surface area contributed by atoms with E-state index in [0.717, 1.165) is 0 Å². The average molecular weight is 265 g/mol. The van der Waals surface area contributed by atoms with Gasteiger partial charge in [-0.05, 0) is 29.7 Å². The van der Waals surface area contributed by atoms with Crippen LogP contribution in [0.5, 0.6) is 5.75 Å². The van der Waals surface area contributed by atoms with Crippen LogP contribution in [0.3, 0.4) is 0 Å². The number of rotatable bonds is 6. The van der Waals surface area contributed by atoms with Crippen molar-refractivity contribution in [3.63, 3.8) is 0 Å². The van der Waals surface area contributed by atoms with E-state index in [2.05, 4.69) is 26.1 Å². The highest BCUT2D eigenvalue weighted by Crippen LogP contribution is 2.25. The minimum atomic E-state index is -0.895. The molecule has 2 N–H and O–H groups in total. The van der Waals surface area contributed by atoms with Crippen molar-refractivity contribution in [3.05, 3.63) is 29.8 Å². The summed E-state index contributed by atoms with van der Waals surface area (Å²) in [6.07, 6.45) is 0. The molecule has 1 aromatic rings. The lowest BCUT2D eigenvalue weighted by atomic mass is 9.87. The zero-order valence-corrected chi connectivity index (χ0v) is 12.1. The van der Waals surface area contributed by atoms with Crippen LogP contribution >= 0.6 is 0 Å². The molecule has 0 fully saturated rings. The van der Waals surface area contributed by atoms with E-state index >= 15 is 0 Å². The first kappa shape index (κ1) is 15.5. The number of nitrogens with one attached hydrogen (secondary N) is 1. The van der Waals surface area contributed by atoms with Gasteiger partial charge >= 0.3 is 5.97 Å². The van der Waals surface area contributed by atoms with E-state index in [9.17, 15) is 4.79 Å². The van der Waals surface area contributed by atoms with Crippen LogP contribution in [0.1, 0.15) is 33.3 Å². The van der Waals surface area contributed by atoms with Gasteiger partial charge in [0.05, 0.1) is 0 Å². The highest BCUT2D eigenvalue weighted by molar-refractivity contribution is 5.73. The topological polar surface area (TPSA) is 58.6 Å². The lowest BCUT2D eigenvalue weighted by molar-refractivity contribution is -0.140. The summed E-state index contributed by atoms with van der Waals surface area (Å²) in [5, 5.41) is 11.9. The fraction of sp³-hybridized carbons (Fsp3) is 0.533. The third kappa shape index (κ3) is 4.91. The van der Waals surface area contributed by atoms with Gasteiger partial charge < -0.3 is 15.2 Å².